The van der Waals surface area contributed by atoms with Gasteiger partial charge >= 0.3 is 0 Å². The van der Waals surface area contributed by atoms with Crippen molar-refractivity contribution in [1.82, 2.24) is 4.90 Å². The maximum Gasteiger partial charge on any atom is 0.254 e. The van der Waals surface area contributed by atoms with Crippen LogP contribution < -0.4 is 0 Å². The highest BCUT2D eigenvalue weighted by molar-refractivity contribution is 9.09. The van der Waals surface area contributed by atoms with E-state index in [0.717, 1.165) is 31.1 Å². The minimum absolute atomic E-state index is 0.00699. The molecule has 19 heavy (non-hydrogen) atoms. The molecule has 1 aromatic rings. The molecule has 0 radical (unpaired) electrons. The number of carbonyl (C=O) groups excluding carboxylic acids is 1. The van der Waals surface area contributed by atoms with E-state index in [1.807, 2.05) is 4.90 Å². The van der Waals surface area contributed by atoms with Crippen molar-refractivity contribution >= 4 is 33.4 Å². The second-order valence-electron chi connectivity index (χ2n) is 4.79. The van der Waals surface area contributed by atoms with Crippen LogP contribution in [0.5, 0.6) is 5.75 Å². The fourth-order valence-corrected chi connectivity index (χ4v) is 3.21. The van der Waals surface area contributed by atoms with Crippen LogP contribution in [0.2, 0.25) is 5.02 Å². The van der Waals surface area contributed by atoms with E-state index in [0.29, 0.717) is 11.6 Å². The molecule has 0 spiro atoms. The number of piperidine rings is 1. The van der Waals surface area contributed by atoms with Gasteiger partial charge in [0.15, 0.2) is 0 Å². The molecule has 0 aliphatic carbocycles. The summed E-state index contributed by atoms with van der Waals surface area (Å²) in [6.45, 7) is 0.801. The van der Waals surface area contributed by atoms with Crippen LogP contribution in [0.25, 0.3) is 0 Å². The maximum atomic E-state index is 12.5. The molecule has 0 aromatic heterocycles. The monoisotopic (exact) mass is 345 g/mol. The largest absolute Gasteiger partial charge is 0.506 e. The quantitative estimate of drug-likeness (QED) is 0.845. The lowest BCUT2D eigenvalue weighted by atomic mass is 9.99. The van der Waals surface area contributed by atoms with E-state index in [1.165, 1.54) is 12.5 Å². The number of alkyl halides is 1. The Morgan fingerprint density at radius 3 is 2.95 bits per heavy atom. The van der Waals surface area contributed by atoms with Crippen LogP contribution in [0, 0.1) is 0 Å². The summed E-state index contributed by atoms with van der Waals surface area (Å²) in [5.41, 5.74) is 0.546. The highest BCUT2D eigenvalue weighted by Crippen LogP contribution is 2.27. The number of carbonyl (C=O) groups is 1. The van der Waals surface area contributed by atoms with Crippen molar-refractivity contribution in [3.8, 4) is 5.75 Å². The van der Waals surface area contributed by atoms with Crippen molar-refractivity contribution in [2.75, 3.05) is 11.9 Å². The van der Waals surface area contributed by atoms with Crippen LogP contribution in [-0.2, 0) is 0 Å². The average Bonchev–Trinajstić information content (AvgIpc) is 2.42. The van der Waals surface area contributed by atoms with E-state index in [4.69, 9.17) is 11.6 Å². The molecule has 1 unspecified atom stereocenters. The maximum absolute atomic E-state index is 12.5. The zero-order chi connectivity index (χ0) is 13.8. The Hall–Kier alpha value is -0.740. The van der Waals surface area contributed by atoms with Gasteiger partial charge in [-0.25, -0.2) is 0 Å². The molecule has 3 nitrogen and oxygen atoms in total. The van der Waals surface area contributed by atoms with Crippen LogP contribution in [0.15, 0.2) is 18.2 Å². The molecule has 1 aliphatic rings. The van der Waals surface area contributed by atoms with Crippen molar-refractivity contribution in [2.45, 2.75) is 31.7 Å². The van der Waals surface area contributed by atoms with Gasteiger partial charge in [0.2, 0.25) is 0 Å². The van der Waals surface area contributed by atoms with Gasteiger partial charge in [-0.15, -0.1) is 0 Å². The molecule has 104 valence electrons. The minimum atomic E-state index is 0.00699. The number of phenolic OH excluding ortho intramolecular Hbond substituents is 1. The molecule has 1 amide bonds. The smallest absolute Gasteiger partial charge is 0.254 e. The van der Waals surface area contributed by atoms with E-state index in [2.05, 4.69) is 15.9 Å². The number of likely N-dealkylation sites (tertiary alicyclic amines) is 1. The predicted molar refractivity (Wildman–Crippen MR) is 80.2 cm³/mol. The second-order valence-corrected chi connectivity index (χ2v) is 5.99. The molecule has 1 atom stereocenters. The summed E-state index contributed by atoms with van der Waals surface area (Å²) in [6.07, 6.45) is 4.26. The molecular weight excluding hydrogens is 330 g/mol. The number of halogens is 2. The second kappa shape index (κ2) is 6.62. The number of phenols is 1. The Morgan fingerprint density at radius 1 is 1.47 bits per heavy atom. The Balaban J connectivity index is 2.18. The number of benzene rings is 1. The van der Waals surface area contributed by atoms with Gasteiger partial charge in [0.1, 0.15) is 5.75 Å². The summed E-state index contributed by atoms with van der Waals surface area (Å²) in [5, 5.41) is 10.5. The number of amides is 1. The standard InChI is InChI=1S/C14H17BrClNO2/c15-7-6-11-3-1-2-8-17(11)14(19)10-4-5-13(18)12(16)9-10/h4-5,9,11,18H,1-3,6-8H2. The fourth-order valence-electron chi connectivity index (χ4n) is 2.50. The van der Waals surface area contributed by atoms with Gasteiger partial charge in [-0.3, -0.25) is 4.79 Å². The van der Waals surface area contributed by atoms with Crippen LogP contribution in [0.4, 0.5) is 0 Å². The topological polar surface area (TPSA) is 40.5 Å². The van der Waals surface area contributed by atoms with Crippen molar-refractivity contribution in [2.24, 2.45) is 0 Å². The van der Waals surface area contributed by atoms with Gasteiger partial charge < -0.3 is 10.0 Å². The average molecular weight is 347 g/mol. The van der Waals surface area contributed by atoms with Crippen LogP contribution >= 0.6 is 27.5 Å². The van der Waals surface area contributed by atoms with Crippen LogP contribution in [0.3, 0.4) is 0 Å². The molecular formula is C14H17BrClNO2. The van der Waals surface area contributed by atoms with Crippen LogP contribution in [0.1, 0.15) is 36.0 Å². The molecule has 2 rings (SSSR count). The van der Waals surface area contributed by atoms with Crippen molar-refractivity contribution in [3.63, 3.8) is 0 Å². The summed E-state index contributed by atoms with van der Waals surface area (Å²) in [5.74, 6) is 0.0152. The number of nitrogens with zero attached hydrogens (tertiary/aromatic N) is 1. The van der Waals surface area contributed by atoms with Gasteiger partial charge in [0.05, 0.1) is 5.02 Å². The first-order chi connectivity index (χ1) is 9.13. The van der Waals surface area contributed by atoms with Gasteiger partial charge in [-0.05, 0) is 43.9 Å². The number of hydrogen-bond acceptors (Lipinski definition) is 2. The number of hydrogen-bond donors (Lipinski definition) is 1. The highest BCUT2D eigenvalue weighted by Gasteiger charge is 2.27. The lowest BCUT2D eigenvalue weighted by Gasteiger charge is -2.35. The fraction of sp³-hybridized carbons (Fsp3) is 0.500. The SMILES string of the molecule is O=C(c1ccc(O)c(Cl)c1)N1CCCCC1CCBr. The van der Waals surface area contributed by atoms with E-state index in [-0.39, 0.29) is 16.7 Å². The molecule has 1 aliphatic heterocycles. The first kappa shape index (κ1) is 14.7. The summed E-state index contributed by atoms with van der Waals surface area (Å²) >= 11 is 9.31. The molecule has 1 N–H and O–H groups in total. The summed E-state index contributed by atoms with van der Waals surface area (Å²) in [4.78, 5) is 14.5. The third kappa shape index (κ3) is 3.42. The molecule has 0 bridgehead atoms. The number of aromatic hydroxyl groups is 1. The van der Waals surface area contributed by atoms with Gasteiger partial charge in [0, 0.05) is 23.5 Å². The van der Waals surface area contributed by atoms with Gasteiger partial charge in [-0.1, -0.05) is 27.5 Å². The lowest BCUT2D eigenvalue weighted by molar-refractivity contribution is 0.0610. The van der Waals surface area contributed by atoms with E-state index in [1.54, 1.807) is 12.1 Å². The van der Waals surface area contributed by atoms with Gasteiger partial charge in [-0.2, -0.15) is 0 Å². The molecule has 1 aromatic carbocycles. The molecule has 1 heterocycles. The lowest BCUT2D eigenvalue weighted by Crippen LogP contribution is -2.43. The van der Waals surface area contributed by atoms with Gasteiger partial charge in [0.25, 0.3) is 5.91 Å². The van der Waals surface area contributed by atoms with Crippen molar-refractivity contribution in [1.29, 1.82) is 0 Å². The normalized spacial score (nSPS) is 19.5. The van der Waals surface area contributed by atoms with Crippen molar-refractivity contribution < 1.29 is 9.90 Å². The van der Waals surface area contributed by atoms with E-state index in [9.17, 15) is 9.90 Å². The Bertz CT molecular complexity index is 465. The first-order valence-electron chi connectivity index (χ1n) is 6.49. The Kier molecular flexibility index (Phi) is 5.11. The van der Waals surface area contributed by atoms with E-state index < -0.39 is 0 Å². The molecule has 1 fully saturated rings. The molecule has 1 saturated heterocycles. The first-order valence-corrected chi connectivity index (χ1v) is 7.99. The minimum Gasteiger partial charge on any atom is -0.506 e. The van der Waals surface area contributed by atoms with Crippen LogP contribution in [-0.4, -0.2) is 33.8 Å². The third-order valence-corrected chi connectivity index (χ3v) is 4.29. The Labute approximate surface area is 126 Å². The van der Waals surface area contributed by atoms with E-state index >= 15 is 0 Å². The summed E-state index contributed by atoms with van der Waals surface area (Å²) < 4.78 is 0. The summed E-state index contributed by atoms with van der Waals surface area (Å²) in [7, 11) is 0. The Morgan fingerprint density at radius 2 is 2.26 bits per heavy atom. The predicted octanol–water partition coefficient (Wildman–Crippen LogP) is 3.83. The zero-order valence-corrected chi connectivity index (χ0v) is 13.0. The zero-order valence-electron chi connectivity index (χ0n) is 10.6. The van der Waals surface area contributed by atoms with Crippen molar-refractivity contribution in [3.05, 3.63) is 28.8 Å². The number of rotatable bonds is 3. The third-order valence-electron chi connectivity index (χ3n) is 3.52. The molecule has 0 saturated carbocycles. The molecule has 5 heteroatoms. The summed E-state index contributed by atoms with van der Waals surface area (Å²) in [6, 6.07) is 4.94. The highest BCUT2D eigenvalue weighted by atomic mass is 79.9.